The Morgan fingerprint density at radius 3 is 1.24 bits per heavy atom. The van der Waals surface area contributed by atoms with Gasteiger partial charge in [0, 0.05) is 13.0 Å². The number of unbranched alkanes of at least 4 members (excludes halogenated alkanes) is 16. The predicted molar refractivity (Wildman–Crippen MR) is 142 cm³/mol. The Kier molecular flexibility index (Phi) is 29.8. The Morgan fingerprint density at radius 1 is 0.412 bits per heavy atom. The molecule has 0 aromatic heterocycles. The lowest BCUT2D eigenvalue weighted by molar-refractivity contribution is -0.145. The van der Waals surface area contributed by atoms with Gasteiger partial charge in [-0.2, -0.15) is 0 Å². The van der Waals surface area contributed by atoms with Crippen molar-refractivity contribution in [2.45, 2.75) is 136 Å². The summed E-state index contributed by atoms with van der Waals surface area (Å²) in [6, 6.07) is 0. The zero-order chi connectivity index (χ0) is 24.8. The van der Waals surface area contributed by atoms with Crippen LogP contribution < -0.4 is 0 Å². The van der Waals surface area contributed by atoms with Gasteiger partial charge < -0.3 is 18.9 Å². The number of ether oxygens (including phenoxy) is 4. The number of hydrogen-bond acceptors (Lipinski definition) is 5. The fourth-order valence-electron chi connectivity index (χ4n) is 3.92. The minimum absolute atomic E-state index is 0.102. The summed E-state index contributed by atoms with van der Waals surface area (Å²) >= 11 is 0. The molecule has 5 nitrogen and oxygen atoms in total. The van der Waals surface area contributed by atoms with Crippen LogP contribution in [0.3, 0.4) is 0 Å². The van der Waals surface area contributed by atoms with E-state index in [0.29, 0.717) is 46.1 Å². The molecule has 0 aliphatic carbocycles. The summed E-state index contributed by atoms with van der Waals surface area (Å²) in [5.74, 6) is -0.102. The Morgan fingerprint density at radius 2 is 0.765 bits per heavy atom. The first-order chi connectivity index (χ1) is 16.8. The van der Waals surface area contributed by atoms with Crippen LogP contribution in [0.5, 0.6) is 0 Å². The van der Waals surface area contributed by atoms with E-state index >= 15 is 0 Å². The van der Waals surface area contributed by atoms with Crippen LogP contribution in [0.4, 0.5) is 0 Å². The quantitative estimate of drug-likeness (QED) is 0.0791. The van der Waals surface area contributed by atoms with E-state index in [1.165, 1.54) is 96.3 Å². The fourth-order valence-corrected chi connectivity index (χ4v) is 3.92. The highest BCUT2D eigenvalue weighted by atomic mass is 16.6. The Bertz CT molecular complexity index is 389. The lowest BCUT2D eigenvalue weighted by atomic mass is 10.0. The van der Waals surface area contributed by atoms with E-state index in [2.05, 4.69) is 13.8 Å². The molecule has 0 rings (SSSR count). The highest BCUT2D eigenvalue weighted by molar-refractivity contribution is 5.69. The van der Waals surface area contributed by atoms with Crippen molar-refractivity contribution >= 4 is 5.97 Å². The minimum atomic E-state index is -0.102. The van der Waals surface area contributed by atoms with Crippen molar-refractivity contribution in [2.24, 2.45) is 0 Å². The normalized spacial score (nSPS) is 11.2. The topological polar surface area (TPSA) is 54.0 Å². The molecule has 0 radical (unpaired) electrons. The van der Waals surface area contributed by atoms with Crippen molar-refractivity contribution in [1.82, 2.24) is 0 Å². The largest absolute Gasteiger partial charge is 0.463 e. The predicted octanol–water partition coefficient (Wildman–Crippen LogP) is 8.03. The average molecular weight is 487 g/mol. The average Bonchev–Trinajstić information content (AvgIpc) is 2.84. The van der Waals surface area contributed by atoms with Crippen molar-refractivity contribution in [3.8, 4) is 0 Å². The van der Waals surface area contributed by atoms with Gasteiger partial charge in [0.15, 0.2) is 0 Å². The molecule has 0 saturated heterocycles. The number of hydrogen-bond donors (Lipinski definition) is 0. The van der Waals surface area contributed by atoms with E-state index in [-0.39, 0.29) is 5.97 Å². The molecule has 0 amide bonds. The maximum atomic E-state index is 11.8. The van der Waals surface area contributed by atoms with E-state index in [1.807, 2.05) is 0 Å². The molecule has 0 atom stereocenters. The SMILES string of the molecule is CCCCCCCCCCCCCCCC(=O)OCCOCCOCCOCCCCCCC. The Labute approximate surface area is 212 Å². The van der Waals surface area contributed by atoms with Gasteiger partial charge >= 0.3 is 5.97 Å². The molecule has 0 unspecified atom stereocenters. The smallest absolute Gasteiger partial charge is 0.305 e. The van der Waals surface area contributed by atoms with E-state index < -0.39 is 0 Å². The fraction of sp³-hybridized carbons (Fsp3) is 0.966. The first-order valence-corrected chi connectivity index (χ1v) is 14.7. The monoisotopic (exact) mass is 486 g/mol. The van der Waals surface area contributed by atoms with Gasteiger partial charge in [-0.05, 0) is 12.8 Å². The number of esters is 1. The molecular formula is C29H58O5. The van der Waals surface area contributed by atoms with Gasteiger partial charge in [0.2, 0.25) is 0 Å². The molecule has 204 valence electrons. The molecule has 5 heteroatoms. The number of carbonyl (C=O) groups is 1. The van der Waals surface area contributed by atoms with Crippen molar-refractivity contribution in [3.05, 3.63) is 0 Å². The van der Waals surface area contributed by atoms with E-state index in [4.69, 9.17) is 18.9 Å². The lowest BCUT2D eigenvalue weighted by Crippen LogP contribution is -2.14. The molecule has 34 heavy (non-hydrogen) atoms. The summed E-state index contributed by atoms with van der Waals surface area (Å²) in [4.78, 5) is 11.8. The summed E-state index contributed by atoms with van der Waals surface area (Å²) < 4.78 is 21.7. The van der Waals surface area contributed by atoms with E-state index in [0.717, 1.165) is 25.9 Å². The third-order valence-corrected chi connectivity index (χ3v) is 6.11. The number of rotatable bonds is 29. The van der Waals surface area contributed by atoms with Gasteiger partial charge in [0.05, 0.1) is 33.0 Å². The molecule has 0 heterocycles. The van der Waals surface area contributed by atoms with Gasteiger partial charge in [0.1, 0.15) is 6.61 Å². The van der Waals surface area contributed by atoms with Crippen LogP contribution in [-0.4, -0.2) is 52.2 Å². The second kappa shape index (κ2) is 30.4. The highest BCUT2D eigenvalue weighted by Crippen LogP contribution is 2.13. The zero-order valence-electron chi connectivity index (χ0n) is 22.9. The van der Waals surface area contributed by atoms with Crippen molar-refractivity contribution in [3.63, 3.8) is 0 Å². The maximum Gasteiger partial charge on any atom is 0.305 e. The van der Waals surface area contributed by atoms with Gasteiger partial charge in [-0.15, -0.1) is 0 Å². The maximum absolute atomic E-state index is 11.8. The second-order valence-electron chi connectivity index (χ2n) is 9.46. The highest BCUT2D eigenvalue weighted by Gasteiger charge is 2.02. The third kappa shape index (κ3) is 29.4. The lowest BCUT2D eigenvalue weighted by Gasteiger charge is -2.08. The van der Waals surface area contributed by atoms with Crippen molar-refractivity contribution in [1.29, 1.82) is 0 Å². The second-order valence-corrected chi connectivity index (χ2v) is 9.46. The summed E-state index contributed by atoms with van der Waals surface area (Å²) in [5, 5.41) is 0. The van der Waals surface area contributed by atoms with Gasteiger partial charge in [-0.1, -0.05) is 117 Å². The van der Waals surface area contributed by atoms with Crippen LogP contribution in [0.15, 0.2) is 0 Å². The first-order valence-electron chi connectivity index (χ1n) is 14.7. The molecule has 0 aromatic rings. The van der Waals surface area contributed by atoms with Gasteiger partial charge in [-0.25, -0.2) is 0 Å². The first kappa shape index (κ1) is 33.4. The molecular weight excluding hydrogens is 428 g/mol. The molecule has 0 fully saturated rings. The van der Waals surface area contributed by atoms with Gasteiger partial charge in [0.25, 0.3) is 0 Å². The molecule has 0 bridgehead atoms. The van der Waals surface area contributed by atoms with Crippen molar-refractivity contribution in [2.75, 3.05) is 46.2 Å². The van der Waals surface area contributed by atoms with E-state index in [9.17, 15) is 4.79 Å². The summed E-state index contributed by atoms with van der Waals surface area (Å²) in [6.07, 6.45) is 23.9. The Balaban J connectivity index is 3.14. The van der Waals surface area contributed by atoms with Crippen LogP contribution in [0, 0.1) is 0 Å². The van der Waals surface area contributed by atoms with Gasteiger partial charge in [-0.3, -0.25) is 4.79 Å². The van der Waals surface area contributed by atoms with Crippen LogP contribution in [0.1, 0.15) is 136 Å². The molecule has 0 spiro atoms. The molecule has 0 N–H and O–H groups in total. The minimum Gasteiger partial charge on any atom is -0.463 e. The standard InChI is InChI=1S/C29H58O5/c1-3-5-7-9-10-11-12-13-14-15-16-17-19-21-29(30)34-28-27-33-26-25-32-24-23-31-22-20-18-8-6-4-2/h3-28H2,1-2H3. The summed E-state index contributed by atoms with van der Waals surface area (Å²) in [7, 11) is 0. The zero-order valence-corrected chi connectivity index (χ0v) is 22.9. The third-order valence-electron chi connectivity index (χ3n) is 6.11. The number of carbonyl (C=O) groups excluding carboxylic acids is 1. The molecule has 0 saturated carbocycles. The van der Waals surface area contributed by atoms with Crippen LogP contribution in [0.2, 0.25) is 0 Å². The van der Waals surface area contributed by atoms with E-state index in [1.54, 1.807) is 0 Å². The van der Waals surface area contributed by atoms with Crippen LogP contribution >= 0.6 is 0 Å². The van der Waals surface area contributed by atoms with Crippen molar-refractivity contribution < 1.29 is 23.7 Å². The molecule has 0 aromatic carbocycles. The van der Waals surface area contributed by atoms with Crippen LogP contribution in [-0.2, 0) is 23.7 Å². The summed E-state index contributed by atoms with van der Waals surface area (Å²) in [5.41, 5.74) is 0. The van der Waals surface area contributed by atoms with Crippen LogP contribution in [0.25, 0.3) is 0 Å². The molecule has 0 aliphatic rings. The summed E-state index contributed by atoms with van der Waals surface area (Å²) in [6.45, 7) is 8.41. The molecule has 0 aliphatic heterocycles. The Hall–Kier alpha value is -0.650.